The molecule has 5 heteroatoms. The zero-order valence-electron chi connectivity index (χ0n) is 12.9. The highest BCUT2D eigenvalue weighted by molar-refractivity contribution is 5.85. The van der Waals surface area contributed by atoms with E-state index in [4.69, 9.17) is 4.74 Å². The van der Waals surface area contributed by atoms with Gasteiger partial charge in [-0.25, -0.2) is 0 Å². The van der Waals surface area contributed by atoms with Gasteiger partial charge in [0.2, 0.25) is 0 Å². The molecule has 0 aliphatic carbocycles. The summed E-state index contributed by atoms with van der Waals surface area (Å²) in [5.41, 5.74) is 3.82. The number of hydrogen-bond donors (Lipinski definition) is 1. The molecule has 2 rings (SSSR count). The summed E-state index contributed by atoms with van der Waals surface area (Å²) in [5, 5.41) is 7.84. The van der Waals surface area contributed by atoms with Crippen molar-refractivity contribution in [2.24, 2.45) is 0 Å². The lowest BCUT2D eigenvalue weighted by Gasteiger charge is -2.09. The zero-order chi connectivity index (χ0) is 14.4. The van der Waals surface area contributed by atoms with E-state index in [-0.39, 0.29) is 12.4 Å². The van der Waals surface area contributed by atoms with E-state index in [1.54, 1.807) is 7.11 Å². The molecular weight excluding hydrogens is 286 g/mol. The maximum absolute atomic E-state index is 5.23. The molecule has 1 aromatic carbocycles. The molecular formula is C16H24ClN3O. The fraction of sp³-hybridized carbons (Fsp3) is 0.438. The van der Waals surface area contributed by atoms with Crippen molar-refractivity contribution in [1.29, 1.82) is 0 Å². The highest BCUT2D eigenvalue weighted by Gasteiger charge is 2.05. The molecule has 0 atom stereocenters. The zero-order valence-corrected chi connectivity index (χ0v) is 13.7. The summed E-state index contributed by atoms with van der Waals surface area (Å²) in [5.74, 6) is 0.919. The third-order valence-electron chi connectivity index (χ3n) is 3.47. The Morgan fingerprint density at radius 3 is 2.86 bits per heavy atom. The minimum atomic E-state index is 0. The molecule has 0 radical (unpaired) electrons. The van der Waals surface area contributed by atoms with Crippen LogP contribution in [0.3, 0.4) is 0 Å². The quantitative estimate of drug-likeness (QED) is 0.799. The van der Waals surface area contributed by atoms with Crippen LogP contribution in [0.15, 0.2) is 30.5 Å². The van der Waals surface area contributed by atoms with Gasteiger partial charge in [0.1, 0.15) is 5.75 Å². The van der Waals surface area contributed by atoms with E-state index in [9.17, 15) is 0 Å². The Bertz CT molecular complexity index is 554. The number of aryl methyl sites for hydroxylation is 2. The number of rotatable bonds is 7. The van der Waals surface area contributed by atoms with Crippen LogP contribution in [-0.4, -0.2) is 23.4 Å². The summed E-state index contributed by atoms with van der Waals surface area (Å²) in [6, 6.07) is 8.22. The first-order valence-electron chi connectivity index (χ1n) is 7.09. The summed E-state index contributed by atoms with van der Waals surface area (Å²) in [6.45, 7) is 6.95. The second-order valence-corrected chi connectivity index (χ2v) is 4.87. The monoisotopic (exact) mass is 309 g/mol. The van der Waals surface area contributed by atoms with Crippen LogP contribution in [0.4, 0.5) is 0 Å². The molecule has 0 unspecified atom stereocenters. The molecule has 0 saturated heterocycles. The first-order chi connectivity index (χ1) is 9.74. The Morgan fingerprint density at radius 1 is 1.33 bits per heavy atom. The van der Waals surface area contributed by atoms with Crippen LogP contribution in [0.5, 0.6) is 5.75 Å². The Balaban J connectivity index is 0.00000220. The topological polar surface area (TPSA) is 39.1 Å². The average Bonchev–Trinajstić information content (AvgIpc) is 2.84. The van der Waals surface area contributed by atoms with Gasteiger partial charge in [-0.2, -0.15) is 5.10 Å². The molecule has 0 aliphatic rings. The standard InChI is InChI=1S/C16H23N3O.ClH/c1-4-19-16(13(2)11-18-19)12-17-9-8-14-6-5-7-15(10-14)20-3;/h5-7,10-11,17H,4,8-9,12H2,1-3H3;1H. The molecule has 4 nitrogen and oxygen atoms in total. The molecule has 0 fully saturated rings. The molecule has 0 aliphatic heterocycles. The minimum Gasteiger partial charge on any atom is -0.497 e. The molecule has 1 N–H and O–H groups in total. The molecule has 2 aromatic rings. The highest BCUT2D eigenvalue weighted by atomic mass is 35.5. The maximum atomic E-state index is 5.23. The predicted molar refractivity (Wildman–Crippen MR) is 88.3 cm³/mol. The van der Waals surface area contributed by atoms with Gasteiger partial charge in [0.15, 0.2) is 0 Å². The lowest BCUT2D eigenvalue weighted by Crippen LogP contribution is -2.19. The van der Waals surface area contributed by atoms with Gasteiger partial charge in [0.05, 0.1) is 19.0 Å². The van der Waals surface area contributed by atoms with Crippen LogP contribution >= 0.6 is 12.4 Å². The van der Waals surface area contributed by atoms with E-state index in [2.05, 4.69) is 36.4 Å². The molecule has 0 spiro atoms. The second-order valence-electron chi connectivity index (χ2n) is 4.87. The summed E-state index contributed by atoms with van der Waals surface area (Å²) in [7, 11) is 1.70. The highest BCUT2D eigenvalue weighted by Crippen LogP contribution is 2.12. The van der Waals surface area contributed by atoms with Gasteiger partial charge in [-0.3, -0.25) is 4.68 Å². The van der Waals surface area contributed by atoms with Crippen LogP contribution < -0.4 is 10.1 Å². The smallest absolute Gasteiger partial charge is 0.119 e. The summed E-state index contributed by atoms with van der Waals surface area (Å²) in [6.07, 6.45) is 2.93. The third kappa shape index (κ3) is 4.76. The van der Waals surface area contributed by atoms with Gasteiger partial charge in [0, 0.05) is 13.1 Å². The third-order valence-corrected chi connectivity index (χ3v) is 3.47. The summed E-state index contributed by atoms with van der Waals surface area (Å²) >= 11 is 0. The van der Waals surface area contributed by atoms with Crippen molar-refractivity contribution in [2.45, 2.75) is 33.4 Å². The SMILES string of the molecule is CCn1ncc(C)c1CNCCc1cccc(OC)c1.Cl. The molecule has 0 bridgehead atoms. The Labute approximate surface area is 132 Å². The van der Waals surface area contributed by atoms with E-state index in [0.717, 1.165) is 31.8 Å². The lowest BCUT2D eigenvalue weighted by atomic mass is 10.1. The van der Waals surface area contributed by atoms with Gasteiger partial charge < -0.3 is 10.1 Å². The van der Waals surface area contributed by atoms with Gasteiger partial charge >= 0.3 is 0 Å². The lowest BCUT2D eigenvalue weighted by molar-refractivity contribution is 0.414. The number of hydrogen-bond acceptors (Lipinski definition) is 3. The van der Waals surface area contributed by atoms with Crippen molar-refractivity contribution in [1.82, 2.24) is 15.1 Å². The van der Waals surface area contributed by atoms with Gasteiger partial charge in [-0.15, -0.1) is 12.4 Å². The molecule has 1 heterocycles. The number of halogens is 1. The second kappa shape index (κ2) is 8.70. The van der Waals surface area contributed by atoms with Crippen LogP contribution in [0.2, 0.25) is 0 Å². The molecule has 21 heavy (non-hydrogen) atoms. The van der Waals surface area contributed by atoms with E-state index in [0.29, 0.717) is 0 Å². The Morgan fingerprint density at radius 2 is 2.14 bits per heavy atom. The average molecular weight is 310 g/mol. The number of methoxy groups -OCH3 is 1. The van der Waals surface area contributed by atoms with Crippen molar-refractivity contribution >= 4 is 12.4 Å². The van der Waals surface area contributed by atoms with Gasteiger partial charge in [0.25, 0.3) is 0 Å². The minimum absolute atomic E-state index is 0. The molecule has 0 amide bonds. The van der Waals surface area contributed by atoms with Crippen molar-refractivity contribution in [2.75, 3.05) is 13.7 Å². The Kier molecular flexibility index (Phi) is 7.26. The molecule has 0 saturated carbocycles. The number of aromatic nitrogens is 2. The fourth-order valence-corrected chi connectivity index (χ4v) is 2.27. The van der Waals surface area contributed by atoms with E-state index in [1.165, 1.54) is 16.8 Å². The van der Waals surface area contributed by atoms with Gasteiger partial charge in [-0.05, 0) is 50.1 Å². The van der Waals surface area contributed by atoms with Crippen LogP contribution in [0.25, 0.3) is 0 Å². The van der Waals surface area contributed by atoms with Crippen LogP contribution in [0, 0.1) is 6.92 Å². The maximum Gasteiger partial charge on any atom is 0.119 e. The van der Waals surface area contributed by atoms with Crippen molar-refractivity contribution in [3.8, 4) is 5.75 Å². The number of benzene rings is 1. The van der Waals surface area contributed by atoms with Crippen LogP contribution in [0.1, 0.15) is 23.7 Å². The largest absolute Gasteiger partial charge is 0.497 e. The normalized spacial score (nSPS) is 10.2. The summed E-state index contributed by atoms with van der Waals surface area (Å²) < 4.78 is 7.28. The Hall–Kier alpha value is -1.52. The molecule has 116 valence electrons. The number of nitrogens with one attached hydrogen (secondary N) is 1. The first kappa shape index (κ1) is 17.5. The molecule has 1 aromatic heterocycles. The predicted octanol–water partition coefficient (Wildman–Crippen LogP) is 2.97. The van der Waals surface area contributed by atoms with E-state index in [1.807, 2.05) is 23.0 Å². The van der Waals surface area contributed by atoms with Crippen molar-refractivity contribution in [3.05, 3.63) is 47.3 Å². The first-order valence-corrected chi connectivity index (χ1v) is 7.09. The van der Waals surface area contributed by atoms with Gasteiger partial charge in [-0.1, -0.05) is 12.1 Å². The number of ether oxygens (including phenoxy) is 1. The van der Waals surface area contributed by atoms with Crippen molar-refractivity contribution < 1.29 is 4.74 Å². The van der Waals surface area contributed by atoms with E-state index >= 15 is 0 Å². The fourth-order valence-electron chi connectivity index (χ4n) is 2.27. The van der Waals surface area contributed by atoms with Crippen molar-refractivity contribution in [3.63, 3.8) is 0 Å². The van der Waals surface area contributed by atoms with Crippen LogP contribution in [-0.2, 0) is 19.5 Å². The number of nitrogens with zero attached hydrogens (tertiary/aromatic N) is 2. The van der Waals surface area contributed by atoms with E-state index < -0.39 is 0 Å². The summed E-state index contributed by atoms with van der Waals surface area (Å²) in [4.78, 5) is 0.